The smallest absolute Gasteiger partial charge is 0.00459 e. The molecule has 0 aromatic rings. The molecule has 0 aliphatic carbocycles. The minimum Gasteiger partial charge on any atom is -0.317 e. The maximum absolute atomic E-state index is 3.85. The molecule has 0 fully saturated rings. The highest BCUT2D eigenvalue weighted by atomic mass is 14.8. The van der Waals surface area contributed by atoms with Crippen molar-refractivity contribution in [3.8, 4) is 0 Å². The van der Waals surface area contributed by atoms with Crippen molar-refractivity contribution in [2.45, 2.75) is 33.1 Å². The Morgan fingerprint density at radius 1 is 1.40 bits per heavy atom. The lowest BCUT2D eigenvalue weighted by Crippen LogP contribution is -2.15. The standard InChI is InChI=1S/C9H19N/c1-4-7-10-8-5-6-9(2)3/h10H,2,4-8H2,1,3H3. The van der Waals surface area contributed by atoms with Gasteiger partial charge < -0.3 is 5.32 Å². The van der Waals surface area contributed by atoms with Crippen LogP contribution in [0.15, 0.2) is 12.2 Å². The van der Waals surface area contributed by atoms with Crippen molar-refractivity contribution in [2.24, 2.45) is 0 Å². The van der Waals surface area contributed by atoms with Crippen LogP contribution in [0.4, 0.5) is 0 Å². The summed E-state index contributed by atoms with van der Waals surface area (Å²) < 4.78 is 0. The van der Waals surface area contributed by atoms with Gasteiger partial charge in [-0.2, -0.15) is 0 Å². The Hall–Kier alpha value is -0.300. The summed E-state index contributed by atoms with van der Waals surface area (Å²) in [6, 6.07) is 0. The van der Waals surface area contributed by atoms with Crippen LogP contribution in [0.25, 0.3) is 0 Å². The molecule has 0 rings (SSSR count). The maximum Gasteiger partial charge on any atom is -0.00459 e. The van der Waals surface area contributed by atoms with E-state index in [1.807, 2.05) is 0 Å². The summed E-state index contributed by atoms with van der Waals surface area (Å²) >= 11 is 0. The normalized spacial score (nSPS) is 9.80. The predicted octanol–water partition coefficient (Wildman–Crippen LogP) is 2.34. The Morgan fingerprint density at radius 2 is 2.10 bits per heavy atom. The van der Waals surface area contributed by atoms with E-state index < -0.39 is 0 Å². The van der Waals surface area contributed by atoms with Gasteiger partial charge in [0.05, 0.1) is 0 Å². The van der Waals surface area contributed by atoms with Gasteiger partial charge in [0.1, 0.15) is 0 Å². The molecule has 60 valence electrons. The quantitative estimate of drug-likeness (QED) is 0.442. The van der Waals surface area contributed by atoms with Gasteiger partial charge in [0, 0.05) is 0 Å². The third-order valence-corrected chi connectivity index (χ3v) is 1.38. The van der Waals surface area contributed by atoms with Crippen molar-refractivity contribution in [2.75, 3.05) is 13.1 Å². The van der Waals surface area contributed by atoms with Crippen molar-refractivity contribution in [1.29, 1.82) is 0 Å². The number of allylic oxidation sites excluding steroid dienone is 1. The second-order valence-electron chi connectivity index (χ2n) is 2.81. The Bertz CT molecular complexity index is 86.7. The van der Waals surface area contributed by atoms with E-state index in [1.54, 1.807) is 0 Å². The van der Waals surface area contributed by atoms with Gasteiger partial charge >= 0.3 is 0 Å². The Morgan fingerprint density at radius 3 is 2.60 bits per heavy atom. The summed E-state index contributed by atoms with van der Waals surface area (Å²) in [5.41, 5.74) is 1.29. The van der Waals surface area contributed by atoms with Crippen molar-refractivity contribution in [1.82, 2.24) is 5.32 Å². The first-order valence-electron chi connectivity index (χ1n) is 4.12. The van der Waals surface area contributed by atoms with Gasteiger partial charge in [-0.3, -0.25) is 0 Å². The molecule has 1 heteroatoms. The van der Waals surface area contributed by atoms with E-state index in [1.165, 1.54) is 18.4 Å². The molecule has 0 bridgehead atoms. The molecule has 0 aromatic heterocycles. The minimum absolute atomic E-state index is 1.14. The third kappa shape index (κ3) is 7.70. The highest BCUT2D eigenvalue weighted by Crippen LogP contribution is 1.97. The van der Waals surface area contributed by atoms with Crippen LogP contribution >= 0.6 is 0 Å². The van der Waals surface area contributed by atoms with Crippen LogP contribution in [0, 0.1) is 0 Å². The van der Waals surface area contributed by atoms with Gasteiger partial charge in [0.2, 0.25) is 0 Å². The van der Waals surface area contributed by atoms with Gasteiger partial charge in [-0.1, -0.05) is 12.5 Å². The van der Waals surface area contributed by atoms with Gasteiger partial charge in [0.25, 0.3) is 0 Å². The molecule has 10 heavy (non-hydrogen) atoms. The van der Waals surface area contributed by atoms with Crippen LogP contribution in [0.1, 0.15) is 33.1 Å². The molecule has 0 aromatic carbocycles. The van der Waals surface area contributed by atoms with Crippen molar-refractivity contribution >= 4 is 0 Å². The maximum atomic E-state index is 3.85. The zero-order chi connectivity index (χ0) is 7.82. The third-order valence-electron chi connectivity index (χ3n) is 1.38. The highest BCUT2D eigenvalue weighted by Gasteiger charge is 1.86. The molecule has 1 nitrogen and oxygen atoms in total. The molecule has 0 heterocycles. The molecule has 1 N–H and O–H groups in total. The Kier molecular flexibility index (Phi) is 6.61. The first-order valence-corrected chi connectivity index (χ1v) is 4.12. The van der Waals surface area contributed by atoms with Crippen molar-refractivity contribution < 1.29 is 0 Å². The largest absolute Gasteiger partial charge is 0.317 e. The Balaban J connectivity index is 2.84. The summed E-state index contributed by atoms with van der Waals surface area (Å²) in [5, 5.41) is 3.35. The van der Waals surface area contributed by atoms with Crippen molar-refractivity contribution in [3.63, 3.8) is 0 Å². The molecule has 0 aliphatic heterocycles. The predicted molar refractivity (Wildman–Crippen MR) is 47.2 cm³/mol. The average molecular weight is 141 g/mol. The summed E-state index contributed by atoms with van der Waals surface area (Å²) in [7, 11) is 0. The second kappa shape index (κ2) is 6.81. The first kappa shape index (κ1) is 9.70. The molecule has 0 radical (unpaired) electrons. The van der Waals surface area contributed by atoms with Crippen LogP contribution in [-0.4, -0.2) is 13.1 Å². The van der Waals surface area contributed by atoms with Gasteiger partial charge in [-0.15, -0.1) is 6.58 Å². The molecule has 0 aliphatic rings. The number of nitrogens with one attached hydrogen (secondary N) is 1. The first-order chi connectivity index (χ1) is 4.77. The van der Waals surface area contributed by atoms with E-state index in [4.69, 9.17) is 0 Å². The fourth-order valence-corrected chi connectivity index (χ4v) is 0.817. The van der Waals surface area contributed by atoms with E-state index in [0.717, 1.165) is 19.5 Å². The fourth-order valence-electron chi connectivity index (χ4n) is 0.817. The zero-order valence-corrected chi connectivity index (χ0v) is 7.24. The van der Waals surface area contributed by atoms with Gasteiger partial charge in [-0.25, -0.2) is 0 Å². The second-order valence-corrected chi connectivity index (χ2v) is 2.81. The van der Waals surface area contributed by atoms with E-state index >= 15 is 0 Å². The minimum atomic E-state index is 1.14. The van der Waals surface area contributed by atoms with Crippen LogP contribution in [0.5, 0.6) is 0 Å². The van der Waals surface area contributed by atoms with Crippen LogP contribution in [-0.2, 0) is 0 Å². The highest BCUT2D eigenvalue weighted by molar-refractivity contribution is 4.87. The molecule has 0 spiro atoms. The topological polar surface area (TPSA) is 12.0 Å². The number of hydrogen-bond donors (Lipinski definition) is 1. The average Bonchev–Trinajstić information content (AvgIpc) is 1.87. The lowest BCUT2D eigenvalue weighted by atomic mass is 10.2. The van der Waals surface area contributed by atoms with Crippen LogP contribution in [0.2, 0.25) is 0 Å². The van der Waals surface area contributed by atoms with E-state index in [2.05, 4.69) is 25.7 Å². The lowest BCUT2D eigenvalue weighted by molar-refractivity contribution is 0.639. The molecule has 0 unspecified atom stereocenters. The summed E-state index contributed by atoms with van der Waals surface area (Å²) in [6.45, 7) is 10.4. The Labute approximate surface area is 64.5 Å². The molecular formula is C9H19N. The zero-order valence-electron chi connectivity index (χ0n) is 7.24. The number of rotatable bonds is 6. The lowest BCUT2D eigenvalue weighted by Gasteiger charge is -2.01. The monoisotopic (exact) mass is 141 g/mol. The van der Waals surface area contributed by atoms with Crippen molar-refractivity contribution in [3.05, 3.63) is 12.2 Å². The summed E-state index contributed by atoms with van der Waals surface area (Å²) in [4.78, 5) is 0. The van der Waals surface area contributed by atoms with Crippen LogP contribution < -0.4 is 5.32 Å². The van der Waals surface area contributed by atoms with Gasteiger partial charge in [0.15, 0.2) is 0 Å². The molecule has 0 saturated heterocycles. The fraction of sp³-hybridized carbons (Fsp3) is 0.778. The molecule has 0 atom stereocenters. The molecular weight excluding hydrogens is 122 g/mol. The summed E-state index contributed by atoms with van der Waals surface area (Å²) in [5.74, 6) is 0. The molecule has 0 amide bonds. The molecule has 0 saturated carbocycles. The van der Waals surface area contributed by atoms with E-state index in [9.17, 15) is 0 Å². The van der Waals surface area contributed by atoms with E-state index in [0.29, 0.717) is 0 Å². The van der Waals surface area contributed by atoms with Gasteiger partial charge in [-0.05, 0) is 39.3 Å². The number of hydrogen-bond acceptors (Lipinski definition) is 1. The SMILES string of the molecule is C=C(C)CCCNCCC. The van der Waals surface area contributed by atoms with E-state index in [-0.39, 0.29) is 0 Å². The van der Waals surface area contributed by atoms with Crippen LogP contribution in [0.3, 0.4) is 0 Å². The summed E-state index contributed by atoms with van der Waals surface area (Å²) in [6.07, 6.45) is 3.62.